The zero-order valence-electron chi connectivity index (χ0n) is 52.9. The van der Waals surface area contributed by atoms with Gasteiger partial charge in [0.05, 0.1) is 53.5 Å². The molecule has 0 saturated carbocycles. The molecule has 0 saturated heterocycles. The maximum atomic E-state index is 10.3. The Morgan fingerprint density at radius 3 is 1.67 bits per heavy atom. The number of para-hydroxylation sites is 3. The van der Waals surface area contributed by atoms with Gasteiger partial charge in [0.1, 0.15) is 0 Å². The highest BCUT2D eigenvalue weighted by molar-refractivity contribution is 6.10. The van der Waals surface area contributed by atoms with Crippen molar-refractivity contribution >= 4 is 38.9 Å². The molecule has 8 aromatic carbocycles. The molecule has 0 bridgehead atoms. The van der Waals surface area contributed by atoms with E-state index in [1.807, 2.05) is 0 Å². The second-order valence-corrected chi connectivity index (χ2v) is 11.3. The van der Waals surface area contributed by atoms with E-state index in [1.165, 1.54) is 28.8 Å². The lowest BCUT2D eigenvalue weighted by atomic mass is 9.68. The van der Waals surface area contributed by atoms with Gasteiger partial charge in [-0.25, -0.2) is 0 Å². The first-order valence-corrected chi connectivity index (χ1v) is 15.4. The SMILES string of the molecule is [2H]c1c([2H])c([2H])c(N(c2ccc3c4ccccc4n(-c4c([2H])c([2H])c5c(c4[2H])-c4c([2H])c([2H])c([2H])c([2H])c4C5(c4c([2H])c([2H])c([2H])c([2H])c4[2H])c4c([2H])c([2H])c([2H])c([2H])c4[2H])c3c2)c2c([2H])c([2H])c([2H])c([2H])c2[2H])c([2H])c1[2H]. The molecular formula is C49H34N2. The van der Waals surface area contributed by atoms with Crippen LogP contribution in [0, 0.1) is 0 Å². The fourth-order valence-electron chi connectivity index (χ4n) is 6.80. The lowest BCUT2D eigenvalue weighted by molar-refractivity contribution is 0.768. The highest BCUT2D eigenvalue weighted by Gasteiger charge is 2.46. The Bertz CT molecular complexity index is 4010. The van der Waals surface area contributed by atoms with Crippen LogP contribution in [0.1, 0.15) is 59.3 Å². The zero-order valence-corrected chi connectivity index (χ0v) is 25.9. The average molecular weight is 678 g/mol. The molecule has 0 N–H and O–H groups in total. The van der Waals surface area contributed by atoms with E-state index >= 15 is 0 Å². The second kappa shape index (κ2) is 11.8. The molecule has 0 amide bonds. The Labute approximate surface area is 336 Å². The largest absolute Gasteiger partial charge is 0.310 e. The van der Waals surface area contributed by atoms with E-state index in [0.717, 1.165) is 4.90 Å². The van der Waals surface area contributed by atoms with Crippen LogP contribution in [-0.2, 0) is 5.41 Å². The minimum absolute atomic E-state index is 0.0181. The topological polar surface area (TPSA) is 8.17 Å². The molecule has 1 aromatic heterocycles. The summed E-state index contributed by atoms with van der Waals surface area (Å²) >= 11 is 0. The number of nitrogens with zero attached hydrogens (tertiary/aromatic N) is 2. The summed E-state index contributed by atoms with van der Waals surface area (Å²) < 4.78 is 246. The summed E-state index contributed by atoms with van der Waals surface area (Å²) in [7, 11) is 0. The summed E-state index contributed by atoms with van der Waals surface area (Å²) in [5.74, 6) is 0. The fraction of sp³-hybridized carbons (Fsp3) is 0.0204. The number of aromatic nitrogens is 1. The molecule has 0 fully saturated rings. The van der Waals surface area contributed by atoms with Crippen molar-refractivity contribution in [2.24, 2.45) is 0 Å². The number of hydrogen-bond donors (Lipinski definition) is 0. The first kappa shape index (κ1) is 12.9. The Morgan fingerprint density at radius 1 is 0.451 bits per heavy atom. The predicted molar refractivity (Wildman–Crippen MR) is 213 cm³/mol. The van der Waals surface area contributed by atoms with Crippen LogP contribution >= 0.6 is 0 Å². The van der Waals surface area contributed by atoms with Crippen molar-refractivity contribution < 1.29 is 37.0 Å². The van der Waals surface area contributed by atoms with Crippen molar-refractivity contribution in [3.8, 4) is 16.8 Å². The summed E-state index contributed by atoms with van der Waals surface area (Å²) in [5.41, 5.74) is -9.66. The fourth-order valence-corrected chi connectivity index (χ4v) is 6.80. The molecule has 240 valence electrons. The third-order valence-electron chi connectivity index (χ3n) is 8.80. The summed E-state index contributed by atoms with van der Waals surface area (Å²) in [6.07, 6.45) is 0. The third-order valence-corrected chi connectivity index (χ3v) is 8.80. The first-order chi connectivity index (χ1) is 36.5. The van der Waals surface area contributed by atoms with Crippen LogP contribution in [0.15, 0.2) is 206 Å². The van der Waals surface area contributed by atoms with Gasteiger partial charge in [0, 0.05) is 33.5 Å². The molecule has 0 aliphatic heterocycles. The molecule has 9 aromatic rings. The van der Waals surface area contributed by atoms with E-state index in [1.54, 1.807) is 18.2 Å². The van der Waals surface area contributed by atoms with Gasteiger partial charge in [-0.3, -0.25) is 0 Å². The van der Waals surface area contributed by atoms with Crippen LogP contribution in [0.4, 0.5) is 17.1 Å². The molecule has 51 heavy (non-hydrogen) atoms. The Morgan fingerprint density at radius 2 is 1.00 bits per heavy atom. The lowest BCUT2D eigenvalue weighted by Crippen LogP contribution is -2.28. The Hall–Kier alpha value is -6.64. The lowest BCUT2D eigenvalue weighted by Gasteiger charge is -2.33. The van der Waals surface area contributed by atoms with Crippen molar-refractivity contribution in [3.63, 3.8) is 0 Å². The molecule has 10 rings (SSSR count). The van der Waals surface area contributed by atoms with E-state index in [4.69, 9.17) is 24.7 Å². The smallest absolute Gasteiger partial charge is 0.0713 e. The van der Waals surface area contributed by atoms with Gasteiger partial charge in [-0.2, -0.15) is 0 Å². The maximum absolute atomic E-state index is 10.3. The van der Waals surface area contributed by atoms with Gasteiger partial charge >= 0.3 is 0 Å². The highest BCUT2D eigenvalue weighted by atomic mass is 15.1. The van der Waals surface area contributed by atoms with E-state index in [2.05, 4.69) is 0 Å². The van der Waals surface area contributed by atoms with Crippen LogP contribution < -0.4 is 4.90 Å². The Balaban J connectivity index is 1.44. The van der Waals surface area contributed by atoms with Crippen LogP contribution in [0.5, 0.6) is 0 Å². The summed E-state index contributed by atoms with van der Waals surface area (Å²) in [4.78, 5) is 0.880. The number of rotatable bonds is 6. The normalized spacial score (nSPS) is 20.3. The average Bonchev–Trinajstić information content (AvgIpc) is 2.70. The van der Waals surface area contributed by atoms with Crippen molar-refractivity contribution in [1.29, 1.82) is 0 Å². The third kappa shape index (κ3) is 4.43. The van der Waals surface area contributed by atoms with E-state index in [9.17, 15) is 12.3 Å². The summed E-state index contributed by atoms with van der Waals surface area (Å²) in [5, 5.41) is 0.689. The van der Waals surface area contributed by atoms with Crippen LogP contribution in [-0.4, -0.2) is 4.57 Å². The number of anilines is 3. The monoisotopic (exact) mass is 677 g/mol. The molecule has 1 heterocycles. The molecule has 0 radical (unpaired) electrons. The molecule has 1 aliphatic carbocycles. The molecule has 0 atom stereocenters. The van der Waals surface area contributed by atoms with Crippen molar-refractivity contribution in [1.82, 2.24) is 4.57 Å². The molecule has 2 heteroatoms. The maximum Gasteiger partial charge on any atom is 0.0713 e. The van der Waals surface area contributed by atoms with Gasteiger partial charge < -0.3 is 9.47 Å². The van der Waals surface area contributed by atoms with Crippen LogP contribution in [0.25, 0.3) is 38.6 Å². The summed E-state index contributed by atoms with van der Waals surface area (Å²) in [6, 6.07) is -14.9. The van der Waals surface area contributed by atoms with Gasteiger partial charge in [-0.1, -0.05) is 151 Å². The van der Waals surface area contributed by atoms with Crippen LogP contribution in [0.3, 0.4) is 0 Å². The van der Waals surface area contributed by atoms with Gasteiger partial charge in [0.25, 0.3) is 0 Å². The zero-order chi connectivity index (χ0) is 57.3. The molecule has 0 spiro atoms. The molecule has 1 aliphatic rings. The van der Waals surface area contributed by atoms with E-state index < -0.39 is 219 Å². The van der Waals surface area contributed by atoms with Gasteiger partial charge in [-0.15, -0.1) is 0 Å². The number of hydrogen-bond acceptors (Lipinski definition) is 1. The van der Waals surface area contributed by atoms with E-state index in [0.29, 0.717) is 10.8 Å². The van der Waals surface area contributed by atoms with Crippen molar-refractivity contribution in [3.05, 3.63) is 228 Å². The van der Waals surface area contributed by atoms with E-state index in [-0.39, 0.29) is 16.7 Å². The molecular weight excluding hydrogens is 617 g/mol. The number of fused-ring (bicyclic) bond motifs is 6. The predicted octanol–water partition coefficient (Wildman–Crippen LogP) is 12.6. The first-order valence-electron chi connectivity index (χ1n) is 28.9. The summed E-state index contributed by atoms with van der Waals surface area (Å²) in [6.45, 7) is 0. The minimum Gasteiger partial charge on any atom is -0.310 e. The van der Waals surface area contributed by atoms with Crippen molar-refractivity contribution in [2.45, 2.75) is 5.41 Å². The number of benzene rings is 8. The highest BCUT2D eigenvalue weighted by Crippen LogP contribution is 2.56. The molecule has 0 unspecified atom stereocenters. The Kier molecular flexibility index (Phi) is 2.98. The van der Waals surface area contributed by atoms with Gasteiger partial charge in [-0.05, 0) is 87.8 Å². The molecule has 2 nitrogen and oxygen atoms in total. The standard InChI is InChI=1S/C49H34N2/c1-5-17-35(18-6-1)49(36-19-7-2-8-20-36)45-27-15-13-25-41(45)44-33-39(30-32-46(44)49)51-47-28-16-14-26-42(47)43-31-29-40(34-48(43)51)50(37-21-9-3-10-22-37)38-23-11-4-12-24-38/h1-34H/i1D,2D,3D,4D,5D,6D,7D,8D,9D,10D,11D,12D,13D,15D,17D,18D,19D,20D,21D,22D,23D,24D,25D,27D,30D,32D,33D. The van der Waals surface area contributed by atoms with Gasteiger partial charge in [0.15, 0.2) is 0 Å². The minimum atomic E-state index is -3.09. The van der Waals surface area contributed by atoms with Crippen LogP contribution in [0.2, 0.25) is 0 Å². The second-order valence-electron chi connectivity index (χ2n) is 11.3. The van der Waals surface area contributed by atoms with Gasteiger partial charge in [0.2, 0.25) is 0 Å². The quantitative estimate of drug-likeness (QED) is 0.170. The van der Waals surface area contributed by atoms with Crippen molar-refractivity contribution in [2.75, 3.05) is 4.90 Å².